The second-order valence-corrected chi connectivity index (χ2v) is 4.47. The lowest BCUT2D eigenvalue weighted by Gasteiger charge is -2.21. The SMILES string of the molecule is CCNC(CCOCC)C1=CCCCCC1. The largest absolute Gasteiger partial charge is 0.382 e. The number of allylic oxidation sites excluding steroid dienone is 1. The van der Waals surface area contributed by atoms with E-state index in [0.29, 0.717) is 6.04 Å². The Labute approximate surface area is 100 Å². The van der Waals surface area contributed by atoms with Gasteiger partial charge in [0.15, 0.2) is 0 Å². The molecule has 0 spiro atoms. The molecule has 0 aromatic rings. The molecule has 1 N–H and O–H groups in total. The average molecular weight is 225 g/mol. The fourth-order valence-electron chi connectivity index (χ4n) is 2.37. The van der Waals surface area contributed by atoms with E-state index < -0.39 is 0 Å². The van der Waals surface area contributed by atoms with Gasteiger partial charge in [-0.2, -0.15) is 0 Å². The normalized spacial score (nSPS) is 19.0. The number of rotatable bonds is 7. The van der Waals surface area contributed by atoms with Crippen molar-refractivity contribution in [3.05, 3.63) is 11.6 Å². The maximum absolute atomic E-state index is 5.47. The molecule has 0 fully saturated rings. The van der Waals surface area contributed by atoms with Gasteiger partial charge in [0, 0.05) is 19.3 Å². The van der Waals surface area contributed by atoms with Crippen molar-refractivity contribution in [1.29, 1.82) is 0 Å². The van der Waals surface area contributed by atoms with Crippen LogP contribution in [0.4, 0.5) is 0 Å². The van der Waals surface area contributed by atoms with E-state index in [4.69, 9.17) is 4.74 Å². The van der Waals surface area contributed by atoms with E-state index in [2.05, 4.69) is 25.2 Å². The third-order valence-electron chi connectivity index (χ3n) is 3.23. The molecule has 0 heterocycles. The Morgan fingerprint density at radius 3 is 2.94 bits per heavy atom. The molecule has 0 aromatic heterocycles. The van der Waals surface area contributed by atoms with E-state index >= 15 is 0 Å². The fourth-order valence-corrected chi connectivity index (χ4v) is 2.37. The van der Waals surface area contributed by atoms with Gasteiger partial charge in [0.05, 0.1) is 0 Å². The van der Waals surface area contributed by atoms with E-state index in [0.717, 1.165) is 26.2 Å². The number of nitrogens with one attached hydrogen (secondary N) is 1. The lowest BCUT2D eigenvalue weighted by molar-refractivity contribution is 0.139. The third-order valence-corrected chi connectivity index (χ3v) is 3.23. The molecule has 0 bridgehead atoms. The highest BCUT2D eigenvalue weighted by molar-refractivity contribution is 5.12. The second kappa shape index (κ2) is 8.77. The average Bonchev–Trinajstić information content (AvgIpc) is 2.57. The van der Waals surface area contributed by atoms with Crippen molar-refractivity contribution >= 4 is 0 Å². The summed E-state index contributed by atoms with van der Waals surface area (Å²) in [6, 6.07) is 0.551. The smallest absolute Gasteiger partial charge is 0.0483 e. The molecule has 1 unspecified atom stereocenters. The van der Waals surface area contributed by atoms with Crippen molar-refractivity contribution in [2.45, 2.75) is 58.4 Å². The molecule has 0 radical (unpaired) electrons. The molecule has 1 rings (SSSR count). The lowest BCUT2D eigenvalue weighted by atomic mass is 9.99. The summed E-state index contributed by atoms with van der Waals surface area (Å²) in [5, 5.41) is 3.59. The van der Waals surface area contributed by atoms with Crippen LogP contribution in [-0.2, 0) is 4.74 Å². The molecule has 0 saturated carbocycles. The number of hydrogen-bond donors (Lipinski definition) is 1. The van der Waals surface area contributed by atoms with Crippen LogP contribution in [0.1, 0.15) is 52.4 Å². The van der Waals surface area contributed by atoms with Crippen LogP contribution in [-0.4, -0.2) is 25.8 Å². The summed E-state index contributed by atoms with van der Waals surface area (Å²) in [6.45, 7) is 7.01. The minimum Gasteiger partial charge on any atom is -0.382 e. The van der Waals surface area contributed by atoms with Crippen LogP contribution in [0, 0.1) is 0 Å². The molecule has 94 valence electrons. The fraction of sp³-hybridized carbons (Fsp3) is 0.857. The summed E-state index contributed by atoms with van der Waals surface area (Å²) in [5.41, 5.74) is 1.62. The molecular formula is C14H27NO. The number of likely N-dealkylation sites (N-methyl/N-ethyl adjacent to an activating group) is 1. The van der Waals surface area contributed by atoms with Crippen LogP contribution < -0.4 is 5.32 Å². The Morgan fingerprint density at radius 2 is 2.19 bits per heavy atom. The van der Waals surface area contributed by atoms with Crippen molar-refractivity contribution in [3.8, 4) is 0 Å². The van der Waals surface area contributed by atoms with Crippen molar-refractivity contribution < 1.29 is 4.74 Å². The van der Waals surface area contributed by atoms with Crippen molar-refractivity contribution in [2.75, 3.05) is 19.8 Å². The standard InChI is InChI=1S/C14H27NO/c1-3-15-14(11-12-16-4-2)13-9-7-5-6-8-10-13/h9,14-15H,3-8,10-12H2,1-2H3. The minimum atomic E-state index is 0.551. The first kappa shape index (κ1) is 13.7. The van der Waals surface area contributed by atoms with Crippen LogP contribution >= 0.6 is 0 Å². The van der Waals surface area contributed by atoms with Gasteiger partial charge in [0.25, 0.3) is 0 Å². The summed E-state index contributed by atoms with van der Waals surface area (Å²) in [5.74, 6) is 0. The van der Waals surface area contributed by atoms with Crippen LogP contribution in [0.5, 0.6) is 0 Å². The van der Waals surface area contributed by atoms with Gasteiger partial charge in [0.1, 0.15) is 0 Å². The second-order valence-electron chi connectivity index (χ2n) is 4.47. The van der Waals surface area contributed by atoms with Gasteiger partial charge in [-0.3, -0.25) is 0 Å². The summed E-state index contributed by atoms with van der Waals surface area (Å²) < 4.78 is 5.47. The molecule has 16 heavy (non-hydrogen) atoms. The molecule has 0 amide bonds. The number of hydrogen-bond acceptors (Lipinski definition) is 2. The van der Waals surface area contributed by atoms with E-state index in [1.165, 1.54) is 32.1 Å². The van der Waals surface area contributed by atoms with Gasteiger partial charge in [-0.05, 0) is 45.6 Å². The zero-order valence-corrected chi connectivity index (χ0v) is 10.9. The molecule has 2 nitrogen and oxygen atoms in total. The predicted octanol–water partition coefficient (Wildman–Crippen LogP) is 3.28. The van der Waals surface area contributed by atoms with Crippen LogP contribution in [0.15, 0.2) is 11.6 Å². The predicted molar refractivity (Wildman–Crippen MR) is 69.7 cm³/mol. The molecule has 0 saturated heterocycles. The molecule has 2 heteroatoms. The molecule has 0 aliphatic heterocycles. The zero-order valence-electron chi connectivity index (χ0n) is 10.9. The Kier molecular flexibility index (Phi) is 7.52. The first-order chi connectivity index (χ1) is 7.88. The quantitative estimate of drug-likeness (QED) is 0.530. The Balaban J connectivity index is 2.42. The summed E-state index contributed by atoms with van der Waals surface area (Å²) >= 11 is 0. The topological polar surface area (TPSA) is 21.3 Å². The Hall–Kier alpha value is -0.340. The van der Waals surface area contributed by atoms with Gasteiger partial charge in [-0.25, -0.2) is 0 Å². The lowest BCUT2D eigenvalue weighted by Crippen LogP contribution is -2.32. The molecule has 1 atom stereocenters. The van der Waals surface area contributed by atoms with E-state index in [1.807, 2.05) is 0 Å². The van der Waals surface area contributed by atoms with E-state index in [9.17, 15) is 0 Å². The first-order valence-corrected chi connectivity index (χ1v) is 6.88. The molecule has 0 aromatic carbocycles. The maximum Gasteiger partial charge on any atom is 0.0483 e. The van der Waals surface area contributed by atoms with Gasteiger partial charge in [-0.1, -0.05) is 25.0 Å². The van der Waals surface area contributed by atoms with Gasteiger partial charge < -0.3 is 10.1 Å². The van der Waals surface area contributed by atoms with Crippen LogP contribution in [0.3, 0.4) is 0 Å². The van der Waals surface area contributed by atoms with Gasteiger partial charge in [-0.15, -0.1) is 0 Å². The maximum atomic E-state index is 5.47. The monoisotopic (exact) mass is 225 g/mol. The highest BCUT2D eigenvalue weighted by atomic mass is 16.5. The van der Waals surface area contributed by atoms with Crippen LogP contribution in [0.25, 0.3) is 0 Å². The van der Waals surface area contributed by atoms with Gasteiger partial charge in [0.2, 0.25) is 0 Å². The van der Waals surface area contributed by atoms with E-state index in [1.54, 1.807) is 5.57 Å². The van der Waals surface area contributed by atoms with Crippen LogP contribution in [0.2, 0.25) is 0 Å². The van der Waals surface area contributed by atoms with Crippen molar-refractivity contribution in [3.63, 3.8) is 0 Å². The first-order valence-electron chi connectivity index (χ1n) is 6.88. The summed E-state index contributed by atoms with van der Waals surface area (Å²) in [7, 11) is 0. The van der Waals surface area contributed by atoms with Crippen molar-refractivity contribution in [2.24, 2.45) is 0 Å². The third kappa shape index (κ3) is 5.13. The summed E-state index contributed by atoms with van der Waals surface area (Å²) in [6.07, 6.45) is 10.3. The van der Waals surface area contributed by atoms with Crippen molar-refractivity contribution in [1.82, 2.24) is 5.32 Å². The highest BCUT2D eigenvalue weighted by Gasteiger charge is 2.14. The number of ether oxygens (including phenoxy) is 1. The van der Waals surface area contributed by atoms with Gasteiger partial charge >= 0.3 is 0 Å². The molecule has 1 aliphatic carbocycles. The minimum absolute atomic E-state index is 0.551. The highest BCUT2D eigenvalue weighted by Crippen LogP contribution is 2.21. The summed E-state index contributed by atoms with van der Waals surface area (Å²) in [4.78, 5) is 0. The molecular weight excluding hydrogens is 198 g/mol. The van der Waals surface area contributed by atoms with E-state index in [-0.39, 0.29) is 0 Å². The molecule has 1 aliphatic rings. The Bertz CT molecular complexity index is 201. The zero-order chi connectivity index (χ0) is 11.6. The Morgan fingerprint density at radius 1 is 1.31 bits per heavy atom.